The van der Waals surface area contributed by atoms with Crippen LogP contribution >= 0.6 is 11.8 Å². The van der Waals surface area contributed by atoms with Gasteiger partial charge in [-0.25, -0.2) is 4.99 Å². The Labute approximate surface area is 137 Å². The van der Waals surface area contributed by atoms with Crippen molar-refractivity contribution in [2.24, 2.45) is 4.99 Å². The topological polar surface area (TPSA) is 63.8 Å². The molecule has 1 aromatic carbocycles. The lowest BCUT2D eigenvalue weighted by atomic mass is 10.3. The third-order valence-electron chi connectivity index (χ3n) is 3.01. The van der Waals surface area contributed by atoms with E-state index in [1.165, 1.54) is 11.8 Å². The monoisotopic (exact) mass is 326 g/mol. The molecule has 6 heteroatoms. The van der Waals surface area contributed by atoms with E-state index < -0.39 is 0 Å². The van der Waals surface area contributed by atoms with Gasteiger partial charge in [0.25, 0.3) is 5.91 Å². The minimum absolute atomic E-state index is 0.173. The Morgan fingerprint density at radius 3 is 2.91 bits per heavy atom. The molecule has 2 heterocycles. The van der Waals surface area contributed by atoms with Crippen molar-refractivity contribution in [1.82, 2.24) is 5.32 Å². The van der Waals surface area contributed by atoms with Crippen LogP contribution in [-0.2, 0) is 4.79 Å². The molecule has 116 valence electrons. The molecule has 1 N–H and O–H groups in total. The number of nitrogens with one attached hydrogen (secondary N) is 1. The Morgan fingerprint density at radius 2 is 2.13 bits per heavy atom. The van der Waals surface area contributed by atoms with Crippen molar-refractivity contribution in [3.05, 3.63) is 65.5 Å². The third kappa shape index (κ3) is 3.73. The summed E-state index contributed by atoms with van der Waals surface area (Å²) in [6, 6.07) is 11.0. The second kappa shape index (κ2) is 7.02. The van der Waals surface area contributed by atoms with Crippen LogP contribution < -0.4 is 10.1 Å². The minimum Gasteiger partial charge on any atom is -0.494 e. The number of hydrogen-bond acceptors (Lipinski definition) is 5. The standard InChI is InChI=1S/C17H14N2O3S/c1-21-14-9-3-2-8-13(14)18-17-19-16(20)15(23-17)10-4-6-12-7-5-11-22-12/h2-11H,1H3,(H,18,19,20)/b6-4+,15-10+. The van der Waals surface area contributed by atoms with Crippen LogP contribution in [0.2, 0.25) is 0 Å². The highest BCUT2D eigenvalue weighted by Crippen LogP contribution is 2.31. The summed E-state index contributed by atoms with van der Waals surface area (Å²) in [6.45, 7) is 0. The largest absolute Gasteiger partial charge is 0.494 e. The first-order chi connectivity index (χ1) is 11.3. The summed E-state index contributed by atoms with van der Waals surface area (Å²) in [4.78, 5) is 16.9. The van der Waals surface area contributed by atoms with Crippen molar-refractivity contribution in [3.63, 3.8) is 0 Å². The number of carbonyl (C=O) groups is 1. The van der Waals surface area contributed by atoms with E-state index in [0.717, 1.165) is 5.76 Å². The molecule has 0 bridgehead atoms. The van der Waals surface area contributed by atoms with Crippen LogP contribution in [0.1, 0.15) is 5.76 Å². The molecule has 5 nitrogen and oxygen atoms in total. The van der Waals surface area contributed by atoms with E-state index >= 15 is 0 Å². The van der Waals surface area contributed by atoms with E-state index in [1.54, 1.807) is 31.6 Å². The van der Waals surface area contributed by atoms with Gasteiger partial charge in [-0.2, -0.15) is 0 Å². The van der Waals surface area contributed by atoms with Crippen LogP contribution in [-0.4, -0.2) is 18.2 Å². The highest BCUT2D eigenvalue weighted by Gasteiger charge is 2.23. The Kier molecular flexibility index (Phi) is 4.63. The van der Waals surface area contributed by atoms with Crippen molar-refractivity contribution in [2.75, 3.05) is 7.11 Å². The van der Waals surface area contributed by atoms with Gasteiger partial charge in [-0.1, -0.05) is 18.2 Å². The van der Waals surface area contributed by atoms with Gasteiger partial charge in [0.15, 0.2) is 5.17 Å². The number of benzene rings is 1. The van der Waals surface area contributed by atoms with Gasteiger partial charge in [0, 0.05) is 0 Å². The number of furan rings is 1. The fourth-order valence-corrected chi connectivity index (χ4v) is 2.73. The lowest BCUT2D eigenvalue weighted by molar-refractivity contribution is -0.115. The Balaban J connectivity index is 1.75. The van der Waals surface area contributed by atoms with Crippen molar-refractivity contribution in [2.45, 2.75) is 0 Å². The van der Waals surface area contributed by atoms with E-state index in [1.807, 2.05) is 36.4 Å². The van der Waals surface area contributed by atoms with Gasteiger partial charge in [0.2, 0.25) is 0 Å². The van der Waals surface area contributed by atoms with Crippen LogP contribution in [0.25, 0.3) is 6.08 Å². The summed E-state index contributed by atoms with van der Waals surface area (Å²) in [7, 11) is 1.59. The fraction of sp³-hybridized carbons (Fsp3) is 0.0588. The quantitative estimate of drug-likeness (QED) is 0.870. The molecule has 0 saturated carbocycles. The molecule has 1 aliphatic heterocycles. The van der Waals surface area contributed by atoms with Crippen molar-refractivity contribution >= 4 is 34.6 Å². The predicted octanol–water partition coefficient (Wildman–Crippen LogP) is 3.74. The first-order valence-corrected chi connectivity index (χ1v) is 7.70. The number of thioether (sulfide) groups is 1. The van der Waals surface area contributed by atoms with Gasteiger partial charge in [-0.05, 0) is 48.2 Å². The van der Waals surface area contributed by atoms with Crippen molar-refractivity contribution < 1.29 is 13.9 Å². The highest BCUT2D eigenvalue weighted by molar-refractivity contribution is 8.18. The van der Waals surface area contributed by atoms with E-state index in [2.05, 4.69) is 10.3 Å². The second-order valence-corrected chi connectivity index (χ2v) is 5.58. The zero-order valence-corrected chi connectivity index (χ0v) is 13.2. The molecule has 0 atom stereocenters. The van der Waals surface area contributed by atoms with Gasteiger partial charge in [-0.15, -0.1) is 0 Å². The number of para-hydroxylation sites is 2. The molecule has 1 saturated heterocycles. The zero-order valence-electron chi connectivity index (χ0n) is 12.4. The predicted molar refractivity (Wildman–Crippen MR) is 91.6 cm³/mol. The molecule has 0 aliphatic carbocycles. The number of amides is 1. The maximum absolute atomic E-state index is 12.0. The van der Waals surface area contributed by atoms with Crippen LogP contribution in [0.5, 0.6) is 5.75 Å². The van der Waals surface area contributed by atoms with Gasteiger partial charge in [0.05, 0.1) is 18.3 Å². The van der Waals surface area contributed by atoms with E-state index in [9.17, 15) is 4.79 Å². The average Bonchev–Trinajstić information content (AvgIpc) is 3.18. The molecule has 1 amide bonds. The highest BCUT2D eigenvalue weighted by atomic mass is 32.2. The van der Waals surface area contributed by atoms with E-state index in [-0.39, 0.29) is 5.91 Å². The Morgan fingerprint density at radius 1 is 1.26 bits per heavy atom. The molecular formula is C17H14N2O3S. The number of aliphatic imine (C=N–C) groups is 1. The zero-order chi connectivity index (χ0) is 16.1. The van der Waals surface area contributed by atoms with Crippen LogP contribution in [0.3, 0.4) is 0 Å². The number of methoxy groups -OCH3 is 1. The molecule has 0 radical (unpaired) electrons. The molecule has 1 aliphatic rings. The van der Waals surface area contributed by atoms with Gasteiger partial charge in [-0.3, -0.25) is 4.79 Å². The Bertz CT molecular complexity index is 792. The number of nitrogens with zero attached hydrogens (tertiary/aromatic N) is 1. The third-order valence-corrected chi connectivity index (χ3v) is 3.94. The minimum atomic E-state index is -0.173. The van der Waals surface area contributed by atoms with Gasteiger partial charge >= 0.3 is 0 Å². The summed E-state index contributed by atoms with van der Waals surface area (Å²) < 4.78 is 10.4. The average molecular weight is 326 g/mol. The fourth-order valence-electron chi connectivity index (χ4n) is 1.94. The number of ether oxygens (including phenoxy) is 1. The molecule has 23 heavy (non-hydrogen) atoms. The normalized spacial score (nSPS) is 18.0. The molecule has 2 aromatic rings. The molecule has 3 rings (SSSR count). The molecule has 0 spiro atoms. The van der Waals surface area contributed by atoms with Crippen molar-refractivity contribution in [3.8, 4) is 5.75 Å². The molecule has 1 aromatic heterocycles. The lowest BCUT2D eigenvalue weighted by Gasteiger charge is -2.03. The first kappa shape index (κ1) is 15.2. The SMILES string of the molecule is COc1ccccc1N=C1NC(=O)/C(=C\C=C\c2ccco2)S1. The molecule has 1 fully saturated rings. The summed E-state index contributed by atoms with van der Waals surface area (Å²) >= 11 is 1.28. The number of amidine groups is 1. The van der Waals surface area contributed by atoms with Crippen LogP contribution in [0.4, 0.5) is 5.69 Å². The smallest absolute Gasteiger partial charge is 0.264 e. The summed E-state index contributed by atoms with van der Waals surface area (Å²) in [5, 5.41) is 3.27. The summed E-state index contributed by atoms with van der Waals surface area (Å²) in [5.74, 6) is 1.21. The maximum Gasteiger partial charge on any atom is 0.264 e. The number of hydrogen-bond donors (Lipinski definition) is 1. The molecule has 0 unspecified atom stereocenters. The number of rotatable bonds is 4. The summed E-state index contributed by atoms with van der Waals surface area (Å²) in [6.07, 6.45) is 6.89. The maximum atomic E-state index is 12.0. The van der Waals surface area contributed by atoms with Crippen molar-refractivity contribution in [1.29, 1.82) is 0 Å². The number of carbonyl (C=O) groups excluding carboxylic acids is 1. The van der Waals surface area contributed by atoms with Crippen LogP contribution in [0.15, 0.2) is 69.1 Å². The van der Waals surface area contributed by atoms with E-state index in [0.29, 0.717) is 21.5 Å². The van der Waals surface area contributed by atoms with Gasteiger partial charge in [0.1, 0.15) is 17.2 Å². The summed E-state index contributed by atoms with van der Waals surface area (Å²) in [5.41, 5.74) is 0.671. The lowest BCUT2D eigenvalue weighted by Crippen LogP contribution is -2.19. The van der Waals surface area contributed by atoms with Gasteiger partial charge < -0.3 is 14.5 Å². The Hall–Kier alpha value is -2.73. The first-order valence-electron chi connectivity index (χ1n) is 6.89. The van der Waals surface area contributed by atoms with Crippen LogP contribution in [0, 0.1) is 0 Å². The van der Waals surface area contributed by atoms with E-state index in [4.69, 9.17) is 9.15 Å². The second-order valence-electron chi connectivity index (χ2n) is 4.55. The molecular weight excluding hydrogens is 312 g/mol. The number of allylic oxidation sites excluding steroid dienone is 2.